The smallest absolute Gasteiger partial charge is 0.227 e. The Morgan fingerprint density at radius 3 is 2.75 bits per heavy atom. The lowest BCUT2D eigenvalue weighted by Gasteiger charge is -2.12. The molecule has 88 valence electrons. The maximum Gasteiger partial charge on any atom is 0.227 e. The summed E-state index contributed by atoms with van der Waals surface area (Å²) >= 11 is 11.8. The number of carbonyl (C=O) groups is 1. The standard InChI is InChI=1S/C12H15Cl2NO/c1-3-5-8(2)12(16)15-10-7-4-6-9(13)11(10)14/h4,6-8H,3,5H2,1-2H3,(H,15,16)/t8-/m1/s1. The van der Waals surface area contributed by atoms with Crippen molar-refractivity contribution >= 4 is 34.8 Å². The second-order valence-electron chi connectivity index (χ2n) is 3.78. The normalized spacial score (nSPS) is 12.2. The van der Waals surface area contributed by atoms with Crippen LogP contribution in [0.5, 0.6) is 0 Å². The van der Waals surface area contributed by atoms with Gasteiger partial charge in [0.25, 0.3) is 0 Å². The molecule has 0 fully saturated rings. The van der Waals surface area contributed by atoms with Crippen molar-refractivity contribution in [2.75, 3.05) is 5.32 Å². The fourth-order valence-corrected chi connectivity index (χ4v) is 1.77. The van der Waals surface area contributed by atoms with E-state index in [-0.39, 0.29) is 11.8 Å². The summed E-state index contributed by atoms with van der Waals surface area (Å²) in [6.07, 6.45) is 1.85. The third-order valence-electron chi connectivity index (χ3n) is 2.38. The zero-order valence-corrected chi connectivity index (χ0v) is 10.9. The third kappa shape index (κ3) is 3.39. The Hall–Kier alpha value is -0.730. The van der Waals surface area contributed by atoms with Gasteiger partial charge in [0.15, 0.2) is 0 Å². The van der Waals surface area contributed by atoms with Crippen molar-refractivity contribution in [3.05, 3.63) is 28.2 Å². The molecule has 1 amide bonds. The maximum atomic E-state index is 11.8. The van der Waals surface area contributed by atoms with Gasteiger partial charge in [-0.05, 0) is 18.6 Å². The van der Waals surface area contributed by atoms with Crippen molar-refractivity contribution in [3.63, 3.8) is 0 Å². The predicted octanol–water partition coefficient (Wildman–Crippen LogP) is 4.37. The van der Waals surface area contributed by atoms with Gasteiger partial charge in [-0.25, -0.2) is 0 Å². The molecule has 1 atom stereocenters. The highest BCUT2D eigenvalue weighted by Gasteiger charge is 2.13. The topological polar surface area (TPSA) is 29.1 Å². The fourth-order valence-electron chi connectivity index (χ4n) is 1.42. The maximum absolute atomic E-state index is 11.8. The molecule has 0 bridgehead atoms. The Morgan fingerprint density at radius 1 is 1.44 bits per heavy atom. The lowest BCUT2D eigenvalue weighted by Crippen LogP contribution is -2.20. The zero-order chi connectivity index (χ0) is 12.1. The molecule has 0 radical (unpaired) electrons. The third-order valence-corrected chi connectivity index (χ3v) is 3.20. The minimum absolute atomic E-state index is 0.0138. The summed E-state index contributed by atoms with van der Waals surface area (Å²) in [5, 5.41) is 3.62. The number of carbonyl (C=O) groups excluding carboxylic acids is 1. The molecule has 0 spiro atoms. The monoisotopic (exact) mass is 259 g/mol. The molecule has 0 saturated carbocycles. The van der Waals surface area contributed by atoms with Crippen LogP contribution in [-0.4, -0.2) is 5.91 Å². The highest BCUT2D eigenvalue weighted by Crippen LogP contribution is 2.29. The molecule has 1 aromatic rings. The van der Waals surface area contributed by atoms with Crippen LogP contribution in [0.2, 0.25) is 10.0 Å². The zero-order valence-electron chi connectivity index (χ0n) is 9.39. The van der Waals surface area contributed by atoms with E-state index in [1.807, 2.05) is 6.92 Å². The highest BCUT2D eigenvalue weighted by atomic mass is 35.5. The summed E-state index contributed by atoms with van der Waals surface area (Å²) in [5.41, 5.74) is 0.571. The van der Waals surface area contributed by atoms with Crippen LogP contribution in [0.15, 0.2) is 18.2 Å². The predicted molar refractivity (Wildman–Crippen MR) is 69.2 cm³/mol. The molecule has 0 unspecified atom stereocenters. The Kier molecular flexibility index (Phi) is 5.10. The number of rotatable bonds is 4. The first kappa shape index (κ1) is 13.3. The van der Waals surface area contributed by atoms with E-state index in [1.165, 1.54) is 0 Å². The van der Waals surface area contributed by atoms with E-state index in [4.69, 9.17) is 23.2 Å². The van der Waals surface area contributed by atoms with Gasteiger partial charge in [0, 0.05) is 5.92 Å². The summed E-state index contributed by atoms with van der Waals surface area (Å²) in [6.45, 7) is 3.95. The molecular weight excluding hydrogens is 245 g/mol. The first-order chi connectivity index (χ1) is 7.56. The van der Waals surface area contributed by atoms with E-state index in [2.05, 4.69) is 12.2 Å². The van der Waals surface area contributed by atoms with E-state index in [0.717, 1.165) is 12.8 Å². The fraction of sp³-hybridized carbons (Fsp3) is 0.417. The van der Waals surface area contributed by atoms with Crippen LogP contribution in [-0.2, 0) is 4.79 Å². The second-order valence-corrected chi connectivity index (χ2v) is 4.57. The van der Waals surface area contributed by atoms with Gasteiger partial charge in [-0.1, -0.05) is 49.5 Å². The van der Waals surface area contributed by atoms with Gasteiger partial charge >= 0.3 is 0 Å². The van der Waals surface area contributed by atoms with Crippen LogP contribution in [0.1, 0.15) is 26.7 Å². The van der Waals surface area contributed by atoms with Crippen LogP contribution in [0.4, 0.5) is 5.69 Å². The van der Waals surface area contributed by atoms with E-state index in [1.54, 1.807) is 18.2 Å². The second kappa shape index (κ2) is 6.12. The van der Waals surface area contributed by atoms with Crippen molar-refractivity contribution in [3.8, 4) is 0 Å². The summed E-state index contributed by atoms with van der Waals surface area (Å²) in [7, 11) is 0. The van der Waals surface area contributed by atoms with Crippen molar-refractivity contribution in [2.24, 2.45) is 5.92 Å². The molecule has 1 N–H and O–H groups in total. The SMILES string of the molecule is CCC[C@@H](C)C(=O)Nc1cccc(Cl)c1Cl. The quantitative estimate of drug-likeness (QED) is 0.855. The number of nitrogens with one attached hydrogen (secondary N) is 1. The molecule has 0 saturated heterocycles. The minimum atomic E-state index is -0.0222. The van der Waals surface area contributed by atoms with Gasteiger partial charge in [-0.15, -0.1) is 0 Å². The van der Waals surface area contributed by atoms with E-state index < -0.39 is 0 Å². The van der Waals surface area contributed by atoms with Crippen molar-refractivity contribution in [1.82, 2.24) is 0 Å². The Balaban J connectivity index is 2.73. The molecule has 16 heavy (non-hydrogen) atoms. The number of anilines is 1. The van der Waals surface area contributed by atoms with Gasteiger partial charge in [0.1, 0.15) is 0 Å². The summed E-state index contributed by atoms with van der Waals surface area (Å²) in [4.78, 5) is 11.8. The minimum Gasteiger partial charge on any atom is -0.324 e. The van der Waals surface area contributed by atoms with Gasteiger partial charge in [0.2, 0.25) is 5.91 Å². The van der Waals surface area contributed by atoms with Gasteiger partial charge in [0.05, 0.1) is 15.7 Å². The van der Waals surface area contributed by atoms with Crippen molar-refractivity contribution < 1.29 is 4.79 Å². The molecule has 1 aromatic carbocycles. The lowest BCUT2D eigenvalue weighted by atomic mass is 10.1. The Morgan fingerprint density at radius 2 is 2.12 bits per heavy atom. The molecule has 0 heterocycles. The average molecular weight is 260 g/mol. The number of amides is 1. The Bertz CT molecular complexity index is 379. The van der Waals surface area contributed by atoms with E-state index >= 15 is 0 Å². The number of benzene rings is 1. The van der Waals surface area contributed by atoms with E-state index in [0.29, 0.717) is 15.7 Å². The molecule has 0 aliphatic rings. The average Bonchev–Trinajstić information content (AvgIpc) is 2.25. The van der Waals surface area contributed by atoms with Crippen LogP contribution < -0.4 is 5.32 Å². The largest absolute Gasteiger partial charge is 0.324 e. The van der Waals surface area contributed by atoms with Crippen LogP contribution in [0.25, 0.3) is 0 Å². The summed E-state index contributed by atoms with van der Waals surface area (Å²) < 4.78 is 0. The molecule has 4 heteroatoms. The summed E-state index contributed by atoms with van der Waals surface area (Å²) in [5.74, 6) is -0.0361. The first-order valence-electron chi connectivity index (χ1n) is 5.31. The number of halogens is 2. The van der Waals surface area contributed by atoms with Crippen LogP contribution in [0.3, 0.4) is 0 Å². The number of hydrogen-bond donors (Lipinski definition) is 1. The molecule has 0 aliphatic carbocycles. The molecular formula is C12H15Cl2NO. The molecule has 0 aliphatic heterocycles. The van der Waals surface area contributed by atoms with E-state index in [9.17, 15) is 4.79 Å². The van der Waals surface area contributed by atoms with Crippen LogP contribution >= 0.6 is 23.2 Å². The first-order valence-corrected chi connectivity index (χ1v) is 6.06. The lowest BCUT2D eigenvalue weighted by molar-refractivity contribution is -0.119. The van der Waals surface area contributed by atoms with Crippen LogP contribution in [0, 0.1) is 5.92 Å². The van der Waals surface area contributed by atoms with Crippen molar-refractivity contribution in [2.45, 2.75) is 26.7 Å². The Labute approximate surface area is 106 Å². The molecule has 0 aromatic heterocycles. The van der Waals surface area contributed by atoms with Gasteiger partial charge < -0.3 is 5.32 Å². The number of hydrogen-bond acceptors (Lipinski definition) is 1. The summed E-state index contributed by atoms with van der Waals surface area (Å²) in [6, 6.07) is 5.19. The van der Waals surface area contributed by atoms with Gasteiger partial charge in [-0.3, -0.25) is 4.79 Å². The van der Waals surface area contributed by atoms with Crippen molar-refractivity contribution in [1.29, 1.82) is 0 Å². The van der Waals surface area contributed by atoms with Gasteiger partial charge in [-0.2, -0.15) is 0 Å². The molecule has 2 nitrogen and oxygen atoms in total. The molecule has 1 rings (SSSR count). The highest BCUT2D eigenvalue weighted by molar-refractivity contribution is 6.43.